The molecule has 4 rings (SSSR count). The van der Waals surface area contributed by atoms with E-state index in [-0.39, 0.29) is 12.0 Å². The summed E-state index contributed by atoms with van der Waals surface area (Å²) in [6.07, 6.45) is 0.429. The summed E-state index contributed by atoms with van der Waals surface area (Å²) < 4.78 is 5.48. The first-order valence-electron chi connectivity index (χ1n) is 11.4. The molecule has 5 nitrogen and oxygen atoms in total. The number of nitrogens with one attached hydrogen (secondary N) is 1. The van der Waals surface area contributed by atoms with Crippen LogP contribution in [0.5, 0.6) is 0 Å². The molecule has 6 heteroatoms. The van der Waals surface area contributed by atoms with Gasteiger partial charge in [0.05, 0.1) is 28.4 Å². The molecule has 0 radical (unpaired) electrons. The zero-order chi connectivity index (χ0) is 24.4. The number of aryl methyl sites for hydroxylation is 2. The van der Waals surface area contributed by atoms with Gasteiger partial charge in [-0.05, 0) is 57.9 Å². The van der Waals surface area contributed by atoms with E-state index in [2.05, 4.69) is 11.4 Å². The number of rotatable bonds is 6. The van der Waals surface area contributed by atoms with Crippen LogP contribution in [-0.4, -0.2) is 23.0 Å². The predicted molar refractivity (Wildman–Crippen MR) is 139 cm³/mol. The van der Waals surface area contributed by atoms with Crippen molar-refractivity contribution in [2.24, 2.45) is 0 Å². The Hall–Kier alpha value is -3.51. The predicted octanol–water partition coefficient (Wildman–Crippen LogP) is 6.96. The van der Waals surface area contributed by atoms with Crippen LogP contribution in [0.4, 0.5) is 5.00 Å². The molecule has 0 bridgehead atoms. The van der Waals surface area contributed by atoms with E-state index in [0.29, 0.717) is 22.5 Å². The first-order chi connectivity index (χ1) is 16.3. The molecule has 4 aromatic rings. The van der Waals surface area contributed by atoms with Crippen molar-refractivity contribution in [1.29, 1.82) is 0 Å². The minimum atomic E-state index is -0.411. The molecule has 2 aromatic carbocycles. The first kappa shape index (κ1) is 23.6. The summed E-state index contributed by atoms with van der Waals surface area (Å²) in [5.74, 6) is -0.693. The van der Waals surface area contributed by atoms with Gasteiger partial charge in [0.2, 0.25) is 0 Å². The molecule has 0 fully saturated rings. The van der Waals surface area contributed by atoms with Crippen molar-refractivity contribution in [3.05, 3.63) is 81.7 Å². The molecule has 0 aliphatic rings. The van der Waals surface area contributed by atoms with Crippen LogP contribution in [0.15, 0.2) is 54.6 Å². The SMILES string of the molecule is CCc1c(C)sc(NC(=O)c2cc(-c3cccc(C)c3)nc3ccccc23)c1C(=O)OC(C)C. The van der Waals surface area contributed by atoms with Crippen LogP contribution < -0.4 is 5.32 Å². The Morgan fingerprint density at radius 3 is 2.53 bits per heavy atom. The lowest BCUT2D eigenvalue weighted by Gasteiger charge is -2.13. The van der Waals surface area contributed by atoms with Gasteiger partial charge in [0.1, 0.15) is 5.00 Å². The number of hydrogen-bond donors (Lipinski definition) is 1. The second-order valence-corrected chi connectivity index (χ2v) is 9.77. The number of thiophene rings is 1. The van der Waals surface area contributed by atoms with E-state index >= 15 is 0 Å². The molecular weight excluding hydrogens is 444 g/mol. The molecule has 0 spiro atoms. The Morgan fingerprint density at radius 2 is 1.82 bits per heavy atom. The number of carbonyl (C=O) groups excluding carboxylic acids is 2. The number of benzene rings is 2. The van der Waals surface area contributed by atoms with Crippen LogP contribution in [0.25, 0.3) is 22.2 Å². The number of anilines is 1. The summed E-state index contributed by atoms with van der Waals surface area (Å²) in [6, 6.07) is 17.5. The molecule has 2 aromatic heterocycles. The second kappa shape index (κ2) is 9.77. The van der Waals surface area contributed by atoms with E-state index in [9.17, 15) is 9.59 Å². The number of carbonyl (C=O) groups is 2. The van der Waals surface area contributed by atoms with Gasteiger partial charge in [-0.3, -0.25) is 4.79 Å². The highest BCUT2D eigenvalue weighted by Gasteiger charge is 2.25. The number of fused-ring (bicyclic) bond motifs is 1. The summed E-state index contributed by atoms with van der Waals surface area (Å²) in [6.45, 7) is 9.62. The van der Waals surface area contributed by atoms with Gasteiger partial charge in [-0.15, -0.1) is 11.3 Å². The standard InChI is InChI=1S/C28H28N2O3S/c1-6-20-18(5)34-27(25(20)28(32)33-16(2)3)30-26(31)22-15-24(19-11-9-10-17(4)14-19)29-23-13-8-7-12-21(22)23/h7-16H,6H2,1-5H3,(H,30,31). The minimum absolute atomic E-state index is 0.248. The average molecular weight is 473 g/mol. The highest BCUT2D eigenvalue weighted by atomic mass is 32.1. The van der Waals surface area contributed by atoms with Crippen LogP contribution in [0.2, 0.25) is 0 Å². The van der Waals surface area contributed by atoms with Gasteiger partial charge < -0.3 is 10.1 Å². The fraction of sp³-hybridized carbons (Fsp3) is 0.250. The normalized spacial score (nSPS) is 11.1. The van der Waals surface area contributed by atoms with Crippen molar-refractivity contribution >= 4 is 39.1 Å². The van der Waals surface area contributed by atoms with Gasteiger partial charge in [0.15, 0.2) is 0 Å². The molecular formula is C28H28N2O3S. The summed E-state index contributed by atoms with van der Waals surface area (Å²) in [5, 5.41) is 4.28. The number of esters is 1. The Labute approximate surface area is 203 Å². The van der Waals surface area contributed by atoms with Crippen molar-refractivity contribution < 1.29 is 14.3 Å². The van der Waals surface area contributed by atoms with E-state index in [4.69, 9.17) is 9.72 Å². The van der Waals surface area contributed by atoms with Crippen LogP contribution in [-0.2, 0) is 11.2 Å². The molecule has 2 heterocycles. The minimum Gasteiger partial charge on any atom is -0.459 e. The van der Waals surface area contributed by atoms with Crippen molar-refractivity contribution in [3.8, 4) is 11.3 Å². The Morgan fingerprint density at radius 1 is 1.06 bits per heavy atom. The van der Waals surface area contributed by atoms with Gasteiger partial charge >= 0.3 is 5.97 Å². The maximum atomic E-state index is 13.6. The van der Waals surface area contributed by atoms with Crippen LogP contribution >= 0.6 is 11.3 Å². The van der Waals surface area contributed by atoms with E-state index < -0.39 is 5.97 Å². The topological polar surface area (TPSA) is 68.3 Å². The number of ether oxygens (including phenoxy) is 1. The molecule has 0 aliphatic carbocycles. The van der Waals surface area contributed by atoms with E-state index in [1.807, 2.05) is 83.1 Å². The Balaban J connectivity index is 1.79. The third-order valence-electron chi connectivity index (χ3n) is 5.61. The van der Waals surface area contributed by atoms with Crippen molar-refractivity contribution in [2.75, 3.05) is 5.32 Å². The number of aromatic nitrogens is 1. The van der Waals surface area contributed by atoms with Gasteiger partial charge in [0, 0.05) is 15.8 Å². The van der Waals surface area contributed by atoms with Gasteiger partial charge in [-0.1, -0.05) is 48.9 Å². The lowest BCUT2D eigenvalue weighted by molar-refractivity contribution is 0.0378. The summed E-state index contributed by atoms with van der Waals surface area (Å²) >= 11 is 1.40. The molecule has 0 aliphatic heterocycles. The first-order valence-corrected chi connectivity index (χ1v) is 12.2. The van der Waals surface area contributed by atoms with Gasteiger partial charge in [-0.2, -0.15) is 0 Å². The molecule has 0 unspecified atom stereocenters. The van der Waals surface area contributed by atoms with Crippen molar-refractivity contribution in [3.63, 3.8) is 0 Å². The van der Waals surface area contributed by atoms with Crippen molar-refractivity contribution in [1.82, 2.24) is 4.98 Å². The maximum absolute atomic E-state index is 13.6. The quantitative estimate of drug-likeness (QED) is 0.308. The Kier molecular flexibility index (Phi) is 6.80. The zero-order valence-corrected chi connectivity index (χ0v) is 20.9. The third-order valence-corrected chi connectivity index (χ3v) is 6.67. The molecule has 0 atom stereocenters. The smallest absolute Gasteiger partial charge is 0.341 e. The highest BCUT2D eigenvalue weighted by Crippen LogP contribution is 2.35. The average Bonchev–Trinajstić information content (AvgIpc) is 3.12. The van der Waals surface area contributed by atoms with Gasteiger partial charge in [-0.25, -0.2) is 9.78 Å². The molecule has 1 N–H and O–H groups in total. The Bertz CT molecular complexity index is 1390. The number of amides is 1. The summed E-state index contributed by atoms with van der Waals surface area (Å²) in [7, 11) is 0. The molecule has 0 saturated heterocycles. The molecule has 34 heavy (non-hydrogen) atoms. The molecule has 174 valence electrons. The lowest BCUT2D eigenvalue weighted by atomic mass is 10.0. The summed E-state index contributed by atoms with van der Waals surface area (Å²) in [5.41, 5.74) is 5.39. The highest BCUT2D eigenvalue weighted by molar-refractivity contribution is 7.16. The van der Waals surface area contributed by atoms with E-state index in [1.54, 1.807) is 0 Å². The maximum Gasteiger partial charge on any atom is 0.341 e. The number of para-hydroxylation sites is 1. The fourth-order valence-corrected chi connectivity index (χ4v) is 5.20. The molecule has 1 amide bonds. The second-order valence-electron chi connectivity index (χ2n) is 8.54. The van der Waals surface area contributed by atoms with E-state index in [1.165, 1.54) is 11.3 Å². The van der Waals surface area contributed by atoms with E-state index in [0.717, 1.165) is 38.2 Å². The summed E-state index contributed by atoms with van der Waals surface area (Å²) in [4.78, 5) is 32.3. The van der Waals surface area contributed by atoms with Crippen LogP contribution in [0.1, 0.15) is 57.5 Å². The number of pyridine rings is 1. The lowest BCUT2D eigenvalue weighted by Crippen LogP contribution is -2.17. The van der Waals surface area contributed by atoms with Crippen LogP contribution in [0, 0.1) is 13.8 Å². The third kappa shape index (κ3) is 4.73. The fourth-order valence-electron chi connectivity index (χ4n) is 4.07. The zero-order valence-electron chi connectivity index (χ0n) is 20.1. The number of nitrogens with zero attached hydrogens (tertiary/aromatic N) is 1. The molecule has 0 saturated carbocycles. The van der Waals surface area contributed by atoms with Crippen LogP contribution in [0.3, 0.4) is 0 Å². The van der Waals surface area contributed by atoms with Crippen molar-refractivity contribution in [2.45, 2.75) is 47.1 Å². The number of hydrogen-bond acceptors (Lipinski definition) is 5. The largest absolute Gasteiger partial charge is 0.459 e. The van der Waals surface area contributed by atoms with Gasteiger partial charge in [0.25, 0.3) is 5.91 Å². The monoisotopic (exact) mass is 472 g/mol.